The Morgan fingerprint density at radius 2 is 2.43 bits per heavy atom. The van der Waals surface area contributed by atoms with Crippen molar-refractivity contribution in [1.29, 1.82) is 0 Å². The van der Waals surface area contributed by atoms with E-state index in [0.29, 0.717) is 13.0 Å². The molecule has 0 saturated heterocycles. The zero-order valence-corrected chi connectivity index (χ0v) is 8.16. The maximum absolute atomic E-state index is 11.4. The molecule has 0 amide bonds. The van der Waals surface area contributed by atoms with E-state index in [4.69, 9.17) is 4.42 Å². The van der Waals surface area contributed by atoms with Crippen molar-refractivity contribution in [2.45, 2.75) is 19.3 Å². The van der Waals surface area contributed by atoms with Gasteiger partial charge in [0, 0.05) is 0 Å². The first kappa shape index (κ1) is 9.46. The van der Waals surface area contributed by atoms with E-state index in [1.54, 1.807) is 12.3 Å². The number of nitrogens with one attached hydrogen (secondary N) is 1. The first-order chi connectivity index (χ1) is 6.84. The Kier molecular flexibility index (Phi) is 2.99. The summed E-state index contributed by atoms with van der Waals surface area (Å²) in [6.07, 6.45) is 4.64. The molecule has 1 aliphatic carbocycles. The van der Waals surface area contributed by atoms with Crippen LogP contribution >= 0.6 is 0 Å². The second kappa shape index (κ2) is 4.42. The summed E-state index contributed by atoms with van der Waals surface area (Å²) in [5.41, 5.74) is 0. The highest BCUT2D eigenvalue weighted by molar-refractivity contribution is 5.82. The number of hydrogen-bond donors (Lipinski definition) is 1. The lowest BCUT2D eigenvalue weighted by Gasteiger charge is -2.01. The highest BCUT2D eigenvalue weighted by Gasteiger charge is 2.20. The number of hydrogen-bond acceptors (Lipinski definition) is 3. The molecule has 1 heterocycles. The number of Topliss-reactive ketones (excluding diaryl/α,β-unsaturated/α-hetero) is 1. The first-order valence-electron chi connectivity index (χ1n) is 5.09. The van der Waals surface area contributed by atoms with E-state index in [1.165, 1.54) is 12.8 Å². The number of carbonyl (C=O) groups is 1. The molecule has 1 aromatic heterocycles. The van der Waals surface area contributed by atoms with E-state index < -0.39 is 0 Å². The van der Waals surface area contributed by atoms with Crippen LogP contribution in [0, 0.1) is 5.92 Å². The molecule has 0 atom stereocenters. The molecule has 3 heteroatoms. The Hall–Kier alpha value is -1.09. The maximum Gasteiger partial charge on any atom is 0.154 e. The summed E-state index contributed by atoms with van der Waals surface area (Å²) in [6, 6.07) is 3.64. The summed E-state index contributed by atoms with van der Waals surface area (Å²) in [5, 5.41) is 3.17. The fourth-order valence-corrected chi connectivity index (χ4v) is 1.41. The summed E-state index contributed by atoms with van der Waals surface area (Å²) in [7, 11) is 0. The van der Waals surface area contributed by atoms with Crippen LogP contribution in [0.4, 0.5) is 0 Å². The monoisotopic (exact) mass is 193 g/mol. The smallest absolute Gasteiger partial charge is 0.154 e. The fraction of sp³-hybridized carbons (Fsp3) is 0.545. The molecule has 2 rings (SSSR count). The van der Waals surface area contributed by atoms with Gasteiger partial charge in [0.2, 0.25) is 0 Å². The molecule has 1 fully saturated rings. The van der Waals surface area contributed by atoms with Gasteiger partial charge in [0.05, 0.1) is 19.2 Å². The van der Waals surface area contributed by atoms with Gasteiger partial charge in [0.1, 0.15) is 5.76 Å². The van der Waals surface area contributed by atoms with Crippen LogP contribution in [0.5, 0.6) is 0 Å². The molecule has 1 aromatic rings. The number of carbonyl (C=O) groups excluding carboxylic acids is 1. The molecule has 0 radical (unpaired) electrons. The summed E-state index contributed by atoms with van der Waals surface area (Å²) in [4.78, 5) is 11.4. The van der Waals surface area contributed by atoms with E-state index in [9.17, 15) is 4.79 Å². The molecule has 14 heavy (non-hydrogen) atoms. The van der Waals surface area contributed by atoms with E-state index in [2.05, 4.69) is 5.32 Å². The Bertz CT molecular complexity index is 288. The molecule has 0 aliphatic heterocycles. The van der Waals surface area contributed by atoms with Gasteiger partial charge >= 0.3 is 0 Å². The minimum absolute atomic E-state index is 0.195. The average Bonchev–Trinajstić information content (AvgIpc) is 2.83. The van der Waals surface area contributed by atoms with Gasteiger partial charge in [-0.25, -0.2) is 0 Å². The molecule has 1 N–H and O–H groups in total. The van der Waals surface area contributed by atoms with Gasteiger partial charge in [-0.15, -0.1) is 0 Å². The van der Waals surface area contributed by atoms with Crippen molar-refractivity contribution >= 4 is 5.78 Å². The van der Waals surface area contributed by atoms with Crippen molar-refractivity contribution in [3.63, 3.8) is 0 Å². The van der Waals surface area contributed by atoms with Gasteiger partial charge in [-0.05, 0) is 37.4 Å². The van der Waals surface area contributed by atoms with Gasteiger partial charge < -0.3 is 9.73 Å². The molecule has 0 unspecified atom stereocenters. The van der Waals surface area contributed by atoms with Crippen LogP contribution in [0.3, 0.4) is 0 Å². The lowest BCUT2D eigenvalue weighted by atomic mass is 10.2. The Labute approximate surface area is 83.5 Å². The minimum atomic E-state index is 0.195. The number of furan rings is 1. The molecule has 3 nitrogen and oxygen atoms in total. The molecule has 1 saturated carbocycles. The highest BCUT2D eigenvalue weighted by Crippen LogP contribution is 2.27. The Morgan fingerprint density at radius 1 is 1.57 bits per heavy atom. The Balaban J connectivity index is 1.62. The van der Waals surface area contributed by atoms with E-state index in [1.807, 2.05) is 6.07 Å². The number of ketones is 1. The van der Waals surface area contributed by atoms with E-state index in [0.717, 1.165) is 18.2 Å². The summed E-state index contributed by atoms with van der Waals surface area (Å²) < 4.78 is 5.10. The van der Waals surface area contributed by atoms with Crippen LogP contribution in [0.25, 0.3) is 0 Å². The topological polar surface area (TPSA) is 42.2 Å². The van der Waals surface area contributed by atoms with Crippen LogP contribution in [-0.2, 0) is 11.2 Å². The Morgan fingerprint density at radius 3 is 3.07 bits per heavy atom. The van der Waals surface area contributed by atoms with Crippen molar-refractivity contribution in [3.05, 3.63) is 24.2 Å². The van der Waals surface area contributed by atoms with Gasteiger partial charge in [-0.1, -0.05) is 0 Å². The van der Waals surface area contributed by atoms with Crippen molar-refractivity contribution in [1.82, 2.24) is 5.32 Å². The van der Waals surface area contributed by atoms with Crippen LogP contribution in [-0.4, -0.2) is 18.9 Å². The second-order valence-electron chi connectivity index (χ2n) is 3.87. The van der Waals surface area contributed by atoms with Crippen molar-refractivity contribution in [3.8, 4) is 0 Å². The molecule has 76 valence electrons. The van der Waals surface area contributed by atoms with Gasteiger partial charge in [0.25, 0.3) is 0 Å². The minimum Gasteiger partial charge on any atom is -0.469 e. The predicted molar refractivity (Wildman–Crippen MR) is 53.0 cm³/mol. The third-order valence-corrected chi connectivity index (χ3v) is 2.40. The lowest BCUT2D eigenvalue weighted by Crippen LogP contribution is -2.25. The molecule has 0 spiro atoms. The van der Waals surface area contributed by atoms with E-state index >= 15 is 0 Å². The molecular formula is C11H15NO2. The fourth-order valence-electron chi connectivity index (χ4n) is 1.41. The second-order valence-corrected chi connectivity index (χ2v) is 3.87. The van der Waals surface area contributed by atoms with Crippen LogP contribution in [0.1, 0.15) is 18.6 Å². The van der Waals surface area contributed by atoms with Crippen molar-refractivity contribution < 1.29 is 9.21 Å². The zero-order chi connectivity index (χ0) is 9.80. The number of rotatable bonds is 6. The predicted octanol–water partition coefficient (Wildman–Crippen LogP) is 1.39. The quantitative estimate of drug-likeness (QED) is 0.742. The third-order valence-electron chi connectivity index (χ3n) is 2.40. The summed E-state index contributed by atoms with van der Waals surface area (Å²) >= 11 is 0. The van der Waals surface area contributed by atoms with Crippen LogP contribution in [0.15, 0.2) is 22.8 Å². The summed E-state index contributed by atoms with van der Waals surface area (Å²) in [6.45, 7) is 1.46. The SMILES string of the molecule is O=C(CNCC1CC1)Cc1ccco1. The zero-order valence-electron chi connectivity index (χ0n) is 8.16. The first-order valence-corrected chi connectivity index (χ1v) is 5.09. The van der Waals surface area contributed by atoms with Gasteiger partial charge in [0.15, 0.2) is 5.78 Å². The van der Waals surface area contributed by atoms with E-state index in [-0.39, 0.29) is 5.78 Å². The van der Waals surface area contributed by atoms with Gasteiger partial charge in [-0.2, -0.15) is 0 Å². The third kappa shape index (κ3) is 3.00. The normalized spacial score (nSPS) is 15.7. The van der Waals surface area contributed by atoms with Gasteiger partial charge in [-0.3, -0.25) is 4.79 Å². The molecule has 0 bridgehead atoms. The van der Waals surface area contributed by atoms with Crippen LogP contribution in [0.2, 0.25) is 0 Å². The maximum atomic E-state index is 11.4. The van der Waals surface area contributed by atoms with Crippen LogP contribution < -0.4 is 5.32 Å². The average molecular weight is 193 g/mol. The highest BCUT2D eigenvalue weighted by atomic mass is 16.3. The lowest BCUT2D eigenvalue weighted by molar-refractivity contribution is -0.117. The standard InChI is InChI=1S/C11H15NO2/c13-10(6-11-2-1-5-14-11)8-12-7-9-3-4-9/h1-2,5,9,12H,3-4,6-8H2. The van der Waals surface area contributed by atoms with Crippen molar-refractivity contribution in [2.75, 3.05) is 13.1 Å². The molecule has 0 aromatic carbocycles. The largest absolute Gasteiger partial charge is 0.469 e. The molecule has 1 aliphatic rings. The molecular weight excluding hydrogens is 178 g/mol. The van der Waals surface area contributed by atoms with Crippen molar-refractivity contribution in [2.24, 2.45) is 5.92 Å². The summed E-state index contributed by atoms with van der Waals surface area (Å²) in [5.74, 6) is 1.77.